The van der Waals surface area contributed by atoms with Crippen molar-refractivity contribution in [3.63, 3.8) is 0 Å². The van der Waals surface area contributed by atoms with Crippen molar-refractivity contribution in [3.05, 3.63) is 75.7 Å². The predicted molar refractivity (Wildman–Crippen MR) is 86.5 cm³/mol. The number of furan rings is 1. The summed E-state index contributed by atoms with van der Waals surface area (Å²) in [6.45, 7) is 2.88. The van der Waals surface area contributed by atoms with Crippen LogP contribution >= 0.6 is 0 Å². The van der Waals surface area contributed by atoms with Gasteiger partial charge in [-0.1, -0.05) is 6.07 Å². The molecule has 2 heterocycles. The van der Waals surface area contributed by atoms with E-state index < -0.39 is 22.3 Å². The van der Waals surface area contributed by atoms with E-state index in [0.717, 1.165) is 0 Å². The molecule has 7 nitrogen and oxygen atoms in total. The van der Waals surface area contributed by atoms with Crippen LogP contribution in [0, 0.1) is 10.1 Å². The smallest absolute Gasteiger partial charge is 0.273 e. The minimum Gasteiger partial charge on any atom is -0.509 e. The first-order valence-electron chi connectivity index (χ1n) is 7.29. The van der Waals surface area contributed by atoms with Gasteiger partial charge in [-0.15, -0.1) is 0 Å². The summed E-state index contributed by atoms with van der Waals surface area (Å²) in [6.07, 6.45) is 4.32. The van der Waals surface area contributed by atoms with E-state index >= 15 is 0 Å². The number of hydrogen-bond acceptors (Lipinski definition) is 6. The third-order valence-corrected chi connectivity index (χ3v) is 4.57. The SMILES string of the molecule is CC1=C(c2cccnc2)C(c2ccoc2)=C(O)C(O)C1(C)[N+](=O)[O-]. The Morgan fingerprint density at radius 2 is 2.08 bits per heavy atom. The fraction of sp³-hybridized carbons (Fsp3) is 0.235. The van der Waals surface area contributed by atoms with Gasteiger partial charge in [0.25, 0.3) is 5.54 Å². The fourth-order valence-corrected chi connectivity index (χ4v) is 2.98. The second kappa shape index (κ2) is 5.61. The van der Waals surface area contributed by atoms with Crippen molar-refractivity contribution in [1.82, 2.24) is 4.98 Å². The molecule has 0 aliphatic heterocycles. The van der Waals surface area contributed by atoms with Crippen molar-refractivity contribution >= 4 is 11.1 Å². The summed E-state index contributed by atoms with van der Waals surface area (Å²) >= 11 is 0. The average molecular weight is 328 g/mol. The first kappa shape index (κ1) is 15.9. The Morgan fingerprint density at radius 1 is 1.33 bits per heavy atom. The number of nitro groups is 1. The number of aliphatic hydroxyl groups excluding tert-OH is 2. The van der Waals surface area contributed by atoms with Crippen molar-refractivity contribution in [2.45, 2.75) is 25.5 Å². The van der Waals surface area contributed by atoms with Crippen LogP contribution in [-0.2, 0) is 0 Å². The van der Waals surface area contributed by atoms with Gasteiger partial charge in [-0.2, -0.15) is 0 Å². The van der Waals surface area contributed by atoms with Crippen LogP contribution in [0.25, 0.3) is 11.1 Å². The van der Waals surface area contributed by atoms with Gasteiger partial charge in [-0.3, -0.25) is 15.1 Å². The van der Waals surface area contributed by atoms with Gasteiger partial charge >= 0.3 is 0 Å². The van der Waals surface area contributed by atoms with Crippen LogP contribution < -0.4 is 0 Å². The Bertz CT molecular complexity index is 839. The van der Waals surface area contributed by atoms with E-state index in [9.17, 15) is 20.3 Å². The number of pyridine rings is 1. The van der Waals surface area contributed by atoms with Gasteiger partial charge in [0.1, 0.15) is 5.76 Å². The lowest BCUT2D eigenvalue weighted by Gasteiger charge is -2.34. The molecule has 124 valence electrons. The predicted octanol–water partition coefficient (Wildman–Crippen LogP) is 2.83. The molecule has 7 heteroatoms. The van der Waals surface area contributed by atoms with E-state index in [1.165, 1.54) is 19.5 Å². The molecule has 0 fully saturated rings. The molecule has 0 aromatic carbocycles. The minimum absolute atomic E-state index is 0.307. The average Bonchev–Trinajstić information content (AvgIpc) is 3.10. The first-order chi connectivity index (χ1) is 11.4. The maximum absolute atomic E-state index is 11.7. The minimum atomic E-state index is -1.84. The molecule has 3 rings (SSSR count). The molecule has 2 aromatic heterocycles. The number of aliphatic hydroxyl groups is 2. The molecule has 2 aromatic rings. The molecule has 0 saturated carbocycles. The topological polar surface area (TPSA) is 110 Å². The number of rotatable bonds is 3. The van der Waals surface area contributed by atoms with Crippen LogP contribution in [0.3, 0.4) is 0 Å². The van der Waals surface area contributed by atoms with Gasteiger partial charge in [-0.05, 0) is 19.1 Å². The molecule has 2 N–H and O–H groups in total. The maximum Gasteiger partial charge on any atom is 0.273 e. The lowest BCUT2D eigenvalue weighted by Crippen LogP contribution is -2.51. The fourth-order valence-electron chi connectivity index (χ4n) is 2.98. The van der Waals surface area contributed by atoms with E-state index in [1.807, 2.05) is 0 Å². The number of allylic oxidation sites excluding steroid dienone is 2. The zero-order valence-electron chi connectivity index (χ0n) is 13.1. The summed E-state index contributed by atoms with van der Waals surface area (Å²) in [7, 11) is 0. The van der Waals surface area contributed by atoms with Crippen LogP contribution in [0.5, 0.6) is 0 Å². The highest BCUT2D eigenvalue weighted by atomic mass is 16.6. The Labute approximate surface area is 137 Å². The third-order valence-electron chi connectivity index (χ3n) is 4.57. The van der Waals surface area contributed by atoms with Gasteiger partial charge in [0.05, 0.1) is 12.5 Å². The summed E-state index contributed by atoms with van der Waals surface area (Å²) in [5.74, 6) is -0.458. The van der Waals surface area contributed by atoms with Crippen LogP contribution in [0.4, 0.5) is 0 Å². The standard InChI is InChI=1S/C17H16N2O5/c1-10-13(11-4-3-6-18-8-11)14(12-5-7-24-9-12)15(20)16(21)17(10,2)19(22)23/h3-9,16,20-21H,1-2H3. The molecule has 0 bridgehead atoms. The Kier molecular flexibility index (Phi) is 3.73. The summed E-state index contributed by atoms with van der Waals surface area (Å²) in [6, 6.07) is 5.07. The van der Waals surface area contributed by atoms with Crippen LogP contribution in [0.15, 0.2) is 58.9 Å². The van der Waals surface area contributed by atoms with Crippen molar-refractivity contribution in [3.8, 4) is 0 Å². The summed E-state index contributed by atoms with van der Waals surface area (Å²) in [5, 5.41) is 32.7. The Hall–Kier alpha value is -2.93. The van der Waals surface area contributed by atoms with E-state index in [4.69, 9.17) is 4.42 Å². The number of hydrogen-bond donors (Lipinski definition) is 2. The van der Waals surface area contributed by atoms with Gasteiger partial charge in [-0.25, -0.2) is 0 Å². The third kappa shape index (κ3) is 2.13. The molecule has 2 atom stereocenters. The van der Waals surface area contributed by atoms with E-state index in [1.54, 1.807) is 37.5 Å². The summed E-state index contributed by atoms with van der Waals surface area (Å²) in [5.41, 5.74) is 0.394. The molecule has 0 saturated heterocycles. The van der Waals surface area contributed by atoms with E-state index in [0.29, 0.717) is 27.8 Å². The molecule has 24 heavy (non-hydrogen) atoms. The largest absolute Gasteiger partial charge is 0.509 e. The molecule has 1 aliphatic rings. The van der Waals surface area contributed by atoms with Crippen LogP contribution in [0.1, 0.15) is 25.0 Å². The Balaban J connectivity index is 2.36. The Morgan fingerprint density at radius 3 is 2.62 bits per heavy atom. The van der Waals surface area contributed by atoms with Crippen LogP contribution in [-0.4, -0.2) is 31.8 Å². The normalized spacial score (nSPS) is 24.4. The van der Waals surface area contributed by atoms with Gasteiger partial charge in [0.15, 0.2) is 6.10 Å². The van der Waals surface area contributed by atoms with Gasteiger partial charge in [0.2, 0.25) is 0 Å². The first-order valence-corrected chi connectivity index (χ1v) is 7.29. The molecule has 2 unspecified atom stereocenters. The molecular weight excluding hydrogens is 312 g/mol. The molecule has 0 spiro atoms. The highest BCUT2D eigenvalue weighted by Gasteiger charge is 2.54. The number of nitrogens with zero attached hydrogens (tertiary/aromatic N) is 2. The van der Waals surface area contributed by atoms with E-state index in [-0.39, 0.29) is 0 Å². The highest BCUT2D eigenvalue weighted by molar-refractivity contribution is 6.08. The molecule has 1 aliphatic carbocycles. The lowest BCUT2D eigenvalue weighted by molar-refractivity contribution is -0.564. The van der Waals surface area contributed by atoms with Gasteiger partial charge in [0, 0.05) is 52.1 Å². The van der Waals surface area contributed by atoms with Crippen molar-refractivity contribution < 1.29 is 19.6 Å². The number of aromatic nitrogens is 1. The van der Waals surface area contributed by atoms with Crippen molar-refractivity contribution in [1.29, 1.82) is 0 Å². The molecule has 0 amide bonds. The molecule has 0 radical (unpaired) electrons. The van der Waals surface area contributed by atoms with Crippen molar-refractivity contribution in [2.24, 2.45) is 0 Å². The highest BCUT2D eigenvalue weighted by Crippen LogP contribution is 2.46. The zero-order chi connectivity index (χ0) is 17.5. The lowest BCUT2D eigenvalue weighted by atomic mass is 9.73. The van der Waals surface area contributed by atoms with Gasteiger partial charge < -0.3 is 14.6 Å². The zero-order valence-corrected chi connectivity index (χ0v) is 13.1. The summed E-state index contributed by atoms with van der Waals surface area (Å²) < 4.78 is 5.07. The quantitative estimate of drug-likeness (QED) is 0.662. The monoisotopic (exact) mass is 328 g/mol. The van der Waals surface area contributed by atoms with Crippen LogP contribution in [0.2, 0.25) is 0 Å². The second-order valence-electron chi connectivity index (χ2n) is 5.82. The maximum atomic E-state index is 11.7. The summed E-state index contributed by atoms with van der Waals surface area (Å²) in [4.78, 5) is 15.1. The van der Waals surface area contributed by atoms with E-state index in [2.05, 4.69) is 4.98 Å². The molecular formula is C17H16N2O5. The van der Waals surface area contributed by atoms with Crippen molar-refractivity contribution in [2.75, 3.05) is 0 Å². The second-order valence-corrected chi connectivity index (χ2v) is 5.82.